The van der Waals surface area contributed by atoms with Crippen molar-refractivity contribution in [1.29, 1.82) is 0 Å². The monoisotopic (exact) mass is 526 g/mol. The van der Waals surface area contributed by atoms with Crippen LogP contribution in [-0.4, -0.2) is 71.4 Å². The van der Waals surface area contributed by atoms with Crippen molar-refractivity contribution in [3.8, 4) is 0 Å². The van der Waals surface area contributed by atoms with E-state index in [-0.39, 0.29) is 31.9 Å². The van der Waals surface area contributed by atoms with Crippen LogP contribution < -0.4 is 5.32 Å². The first-order chi connectivity index (χ1) is 15.5. The summed E-state index contributed by atoms with van der Waals surface area (Å²) in [5.74, 6) is -0.499. The van der Waals surface area contributed by atoms with E-state index >= 15 is 0 Å². The molecule has 0 fully saturated rings. The molecule has 0 aliphatic carbocycles. The molecule has 0 radical (unpaired) electrons. The summed E-state index contributed by atoms with van der Waals surface area (Å²) < 4.78 is 19.6. The summed E-state index contributed by atoms with van der Waals surface area (Å²) >= 11 is 4.78. The van der Waals surface area contributed by atoms with Crippen LogP contribution in [0, 0.1) is 5.82 Å². The second kappa shape index (κ2) is 11.6. The maximum absolute atomic E-state index is 13.8. The van der Waals surface area contributed by atoms with E-state index in [0.29, 0.717) is 39.7 Å². The van der Waals surface area contributed by atoms with Crippen LogP contribution in [-0.2, 0) is 9.53 Å². The van der Waals surface area contributed by atoms with Crippen LogP contribution in [0.5, 0.6) is 0 Å². The standard InChI is InChI=1S/C21H24BrFN4O4S/c1-2-31-21(30)17-16(12-27(6-8-28)7-9-29)25-19(20-24-5-10-32-20)26-18(17)14-4-3-13(23)11-15(14)22/h3-5,10-11,18,28-29H,2,6-9,12H2,1H3,(H,25,26). The molecular weight excluding hydrogens is 503 g/mol. The Morgan fingerprint density at radius 1 is 1.34 bits per heavy atom. The number of benzene rings is 1. The van der Waals surface area contributed by atoms with Gasteiger partial charge in [-0.2, -0.15) is 0 Å². The lowest BCUT2D eigenvalue weighted by molar-refractivity contribution is -0.139. The van der Waals surface area contributed by atoms with Crippen LogP contribution in [0.1, 0.15) is 23.5 Å². The van der Waals surface area contributed by atoms with E-state index in [1.54, 1.807) is 19.2 Å². The molecule has 0 saturated carbocycles. The van der Waals surface area contributed by atoms with Gasteiger partial charge in [-0.3, -0.25) is 9.89 Å². The molecule has 1 aromatic carbocycles. The van der Waals surface area contributed by atoms with Crippen molar-refractivity contribution >= 4 is 39.1 Å². The molecular formula is C21H24BrFN4O4S. The highest BCUT2D eigenvalue weighted by Crippen LogP contribution is 2.37. The van der Waals surface area contributed by atoms with Gasteiger partial charge in [-0.05, 0) is 24.6 Å². The molecule has 2 heterocycles. The molecule has 8 nitrogen and oxygen atoms in total. The van der Waals surface area contributed by atoms with Crippen LogP contribution in [0.4, 0.5) is 4.39 Å². The lowest BCUT2D eigenvalue weighted by Gasteiger charge is -2.30. The molecule has 1 aliphatic heterocycles. The van der Waals surface area contributed by atoms with Gasteiger partial charge in [-0.15, -0.1) is 11.3 Å². The number of ether oxygens (including phenoxy) is 1. The third-order valence-electron chi connectivity index (χ3n) is 4.73. The van der Waals surface area contributed by atoms with Gasteiger partial charge in [0, 0.05) is 41.4 Å². The Morgan fingerprint density at radius 2 is 2.09 bits per heavy atom. The zero-order chi connectivity index (χ0) is 23.1. The molecule has 0 saturated heterocycles. The minimum atomic E-state index is -0.774. The Bertz CT molecular complexity index is 994. The predicted molar refractivity (Wildman–Crippen MR) is 123 cm³/mol. The highest BCUT2D eigenvalue weighted by Gasteiger charge is 2.34. The molecule has 11 heteroatoms. The zero-order valence-corrected chi connectivity index (χ0v) is 19.8. The van der Waals surface area contributed by atoms with E-state index < -0.39 is 17.8 Å². The van der Waals surface area contributed by atoms with Gasteiger partial charge in [0.15, 0.2) is 10.8 Å². The molecule has 2 aromatic rings. The van der Waals surface area contributed by atoms with Crippen LogP contribution in [0.3, 0.4) is 0 Å². The number of rotatable bonds is 10. The van der Waals surface area contributed by atoms with E-state index in [1.165, 1.54) is 23.5 Å². The van der Waals surface area contributed by atoms with Crippen molar-refractivity contribution in [2.45, 2.75) is 13.0 Å². The molecule has 1 aromatic heterocycles. The minimum Gasteiger partial charge on any atom is -0.463 e. The van der Waals surface area contributed by atoms with Crippen molar-refractivity contribution < 1.29 is 24.1 Å². The molecule has 0 amide bonds. The molecule has 32 heavy (non-hydrogen) atoms. The van der Waals surface area contributed by atoms with Crippen molar-refractivity contribution in [2.24, 2.45) is 4.99 Å². The number of amidine groups is 1. The fourth-order valence-electron chi connectivity index (χ4n) is 3.34. The quantitative estimate of drug-likeness (QED) is 0.407. The average molecular weight is 527 g/mol. The fourth-order valence-corrected chi connectivity index (χ4v) is 4.50. The van der Waals surface area contributed by atoms with Gasteiger partial charge in [0.25, 0.3) is 0 Å². The van der Waals surface area contributed by atoms with E-state index in [9.17, 15) is 19.4 Å². The Hall–Kier alpha value is -2.18. The highest BCUT2D eigenvalue weighted by molar-refractivity contribution is 9.10. The average Bonchev–Trinajstić information content (AvgIpc) is 3.29. The maximum atomic E-state index is 13.8. The lowest BCUT2D eigenvalue weighted by Crippen LogP contribution is -2.41. The lowest BCUT2D eigenvalue weighted by atomic mass is 9.95. The van der Waals surface area contributed by atoms with Gasteiger partial charge in [0.1, 0.15) is 11.9 Å². The van der Waals surface area contributed by atoms with Gasteiger partial charge in [0.05, 0.1) is 25.4 Å². The number of carbonyl (C=O) groups is 1. The number of halogens is 2. The van der Waals surface area contributed by atoms with Crippen molar-refractivity contribution in [3.05, 3.63) is 61.9 Å². The number of aliphatic hydroxyl groups excluding tert-OH is 2. The number of aliphatic hydroxyl groups is 2. The number of aromatic nitrogens is 1. The zero-order valence-electron chi connectivity index (χ0n) is 17.4. The fraction of sp³-hybridized carbons (Fsp3) is 0.381. The number of thiazole rings is 1. The van der Waals surface area contributed by atoms with Gasteiger partial charge >= 0.3 is 5.97 Å². The van der Waals surface area contributed by atoms with Crippen molar-refractivity contribution in [3.63, 3.8) is 0 Å². The van der Waals surface area contributed by atoms with E-state index in [4.69, 9.17) is 9.73 Å². The third kappa shape index (κ3) is 5.78. The number of nitrogens with one attached hydrogen (secondary N) is 1. The summed E-state index contributed by atoms with van der Waals surface area (Å²) in [7, 11) is 0. The second-order valence-corrected chi connectivity index (χ2v) is 8.59. The number of esters is 1. The van der Waals surface area contributed by atoms with Gasteiger partial charge in [0.2, 0.25) is 0 Å². The first-order valence-electron chi connectivity index (χ1n) is 10.0. The molecule has 1 unspecified atom stereocenters. The Morgan fingerprint density at radius 3 is 2.69 bits per heavy atom. The molecule has 1 aliphatic rings. The molecule has 1 atom stereocenters. The topological polar surface area (TPSA) is 107 Å². The summed E-state index contributed by atoms with van der Waals surface area (Å²) in [6, 6.07) is 3.44. The van der Waals surface area contributed by atoms with Crippen molar-refractivity contribution in [2.75, 3.05) is 39.5 Å². The highest BCUT2D eigenvalue weighted by atomic mass is 79.9. The van der Waals surface area contributed by atoms with E-state index in [0.717, 1.165) is 0 Å². The van der Waals surface area contributed by atoms with Gasteiger partial charge < -0.3 is 20.3 Å². The van der Waals surface area contributed by atoms with Gasteiger partial charge in [-0.1, -0.05) is 22.0 Å². The van der Waals surface area contributed by atoms with Gasteiger partial charge in [-0.25, -0.2) is 14.2 Å². The molecule has 0 bridgehead atoms. The van der Waals surface area contributed by atoms with Crippen LogP contribution in [0.15, 0.2) is 50.5 Å². The number of aliphatic imine (C=N–C) groups is 1. The third-order valence-corrected chi connectivity index (χ3v) is 6.19. The molecule has 3 rings (SSSR count). The molecule has 172 valence electrons. The number of hydrogen-bond acceptors (Lipinski definition) is 9. The first-order valence-corrected chi connectivity index (χ1v) is 11.7. The van der Waals surface area contributed by atoms with E-state index in [1.807, 2.05) is 10.3 Å². The molecule has 3 N–H and O–H groups in total. The largest absolute Gasteiger partial charge is 0.463 e. The normalized spacial score (nSPS) is 16.2. The predicted octanol–water partition coefficient (Wildman–Crippen LogP) is 2.24. The summed E-state index contributed by atoms with van der Waals surface area (Å²) in [5.41, 5.74) is 1.39. The Labute approximate surface area is 197 Å². The summed E-state index contributed by atoms with van der Waals surface area (Å²) in [6.45, 7) is 2.50. The second-order valence-electron chi connectivity index (χ2n) is 6.84. The van der Waals surface area contributed by atoms with Crippen LogP contribution >= 0.6 is 27.3 Å². The number of carbonyl (C=O) groups excluding carboxylic acids is 1. The minimum absolute atomic E-state index is 0.109. The van der Waals surface area contributed by atoms with E-state index in [2.05, 4.69) is 26.2 Å². The van der Waals surface area contributed by atoms with Crippen molar-refractivity contribution in [1.82, 2.24) is 15.2 Å². The number of hydrogen-bond donors (Lipinski definition) is 3. The SMILES string of the molecule is CCOC(=O)C1=C(CN(CCO)CCO)NC(c2nccs2)=NC1c1ccc(F)cc1Br. The maximum Gasteiger partial charge on any atom is 0.338 e. The smallest absolute Gasteiger partial charge is 0.338 e. The summed E-state index contributed by atoms with van der Waals surface area (Å²) in [6.07, 6.45) is 1.65. The first kappa shape index (κ1) is 24.5. The number of nitrogens with zero attached hydrogens (tertiary/aromatic N) is 3. The Balaban J connectivity index is 2.14. The van der Waals surface area contributed by atoms with Crippen LogP contribution in [0.25, 0.3) is 0 Å². The van der Waals surface area contributed by atoms with Crippen LogP contribution in [0.2, 0.25) is 0 Å². The molecule has 0 spiro atoms. The Kier molecular flexibility index (Phi) is 8.88. The summed E-state index contributed by atoms with van der Waals surface area (Å²) in [4.78, 5) is 23.9. The summed E-state index contributed by atoms with van der Waals surface area (Å²) in [5, 5.41) is 24.5.